The zero-order valence-electron chi connectivity index (χ0n) is 16.6. The van der Waals surface area contributed by atoms with Gasteiger partial charge in [-0.05, 0) is 61.1 Å². The minimum Gasteiger partial charge on any atom is -0.289 e. The molecule has 6 nitrogen and oxygen atoms in total. The maximum absolute atomic E-state index is 12.7. The molecule has 0 radical (unpaired) electrons. The Morgan fingerprint density at radius 2 is 1.90 bits per heavy atom. The summed E-state index contributed by atoms with van der Waals surface area (Å²) in [5, 5.41) is 0.285. The number of sulfonamides is 1. The van der Waals surface area contributed by atoms with Crippen molar-refractivity contribution >= 4 is 26.7 Å². The highest BCUT2D eigenvalue weighted by atomic mass is 32.2. The van der Waals surface area contributed by atoms with Gasteiger partial charge in [0.1, 0.15) is 6.33 Å². The lowest BCUT2D eigenvalue weighted by Gasteiger charge is -2.40. The number of rotatable bonds is 5. The van der Waals surface area contributed by atoms with Crippen molar-refractivity contribution in [1.82, 2.24) is 14.3 Å². The topological polar surface area (TPSA) is 75.2 Å². The Hall–Kier alpha value is -2.29. The highest BCUT2D eigenvalue weighted by Crippen LogP contribution is 2.44. The van der Waals surface area contributed by atoms with Crippen LogP contribution in [0.15, 0.2) is 59.8 Å². The van der Waals surface area contributed by atoms with Crippen LogP contribution in [0.1, 0.15) is 54.5 Å². The van der Waals surface area contributed by atoms with Gasteiger partial charge in [0, 0.05) is 23.6 Å². The normalized spacial score (nSPS) is 22.0. The molecule has 0 saturated carbocycles. The van der Waals surface area contributed by atoms with Gasteiger partial charge in [-0.15, -0.1) is 0 Å². The summed E-state index contributed by atoms with van der Waals surface area (Å²) >= 11 is 1.03. The number of nitrogens with zero attached hydrogens (tertiary/aromatic N) is 3. The lowest BCUT2D eigenvalue weighted by Crippen LogP contribution is -2.35. The molecule has 1 aliphatic heterocycles. The van der Waals surface area contributed by atoms with Crippen molar-refractivity contribution < 1.29 is 8.42 Å². The van der Waals surface area contributed by atoms with E-state index in [4.69, 9.17) is 0 Å². The van der Waals surface area contributed by atoms with Crippen molar-refractivity contribution in [2.24, 2.45) is 0 Å². The maximum atomic E-state index is 12.7. The molecule has 0 unspecified atom stereocenters. The highest BCUT2D eigenvalue weighted by Gasteiger charge is 2.35. The molecule has 0 bridgehead atoms. The predicted molar refractivity (Wildman–Crippen MR) is 118 cm³/mol. The summed E-state index contributed by atoms with van der Waals surface area (Å²) in [6.45, 7) is 1.09. The van der Waals surface area contributed by atoms with Crippen molar-refractivity contribution in [3.05, 3.63) is 71.5 Å². The van der Waals surface area contributed by atoms with Gasteiger partial charge in [0.25, 0.3) is 10.0 Å². The van der Waals surface area contributed by atoms with Gasteiger partial charge >= 0.3 is 0 Å². The number of piperidine rings is 1. The number of anilines is 1. The van der Waals surface area contributed by atoms with Gasteiger partial charge in [0.2, 0.25) is 5.13 Å². The van der Waals surface area contributed by atoms with Crippen LogP contribution in [0.5, 0.6) is 0 Å². The molecule has 2 heterocycles. The molecule has 8 heteroatoms. The molecule has 0 amide bonds. The van der Waals surface area contributed by atoms with Gasteiger partial charge in [-0.25, -0.2) is 13.4 Å². The molecular formula is C22H24N4O2S2. The summed E-state index contributed by atoms with van der Waals surface area (Å²) in [5.41, 5.74) is 3.79. The molecule has 1 N–H and O–H groups in total. The molecule has 1 aliphatic carbocycles. The molecule has 156 valence electrons. The van der Waals surface area contributed by atoms with Gasteiger partial charge in [0.15, 0.2) is 0 Å². The largest absolute Gasteiger partial charge is 0.289 e. The van der Waals surface area contributed by atoms with Crippen molar-refractivity contribution in [1.29, 1.82) is 0 Å². The summed E-state index contributed by atoms with van der Waals surface area (Å²) in [6.07, 6.45) is 6.93. The first-order chi connectivity index (χ1) is 14.6. The first-order valence-electron chi connectivity index (χ1n) is 10.3. The molecule has 0 spiro atoms. The Morgan fingerprint density at radius 1 is 1.03 bits per heavy atom. The summed E-state index contributed by atoms with van der Waals surface area (Å²) in [7, 11) is -3.66. The molecule has 5 rings (SSSR count). The molecule has 2 atom stereocenters. The molecule has 1 saturated heterocycles. The molecular weight excluding hydrogens is 416 g/mol. The van der Waals surface area contributed by atoms with Crippen molar-refractivity contribution in [2.75, 3.05) is 11.3 Å². The lowest BCUT2D eigenvalue weighted by atomic mass is 9.92. The standard InChI is InChI=1S/C22H24N4O2S2/c27-30(28,25-22-23-15-24-29-22)18-10-11-19-17(14-18)9-12-21(19)26-13-5-4-8-20(26)16-6-2-1-3-7-16/h1-3,6-7,10-11,14-15,20-21H,4-5,8-9,12-13H2,(H,23,24,25)/t20-,21+/m1/s1. The Kier molecular flexibility index (Phi) is 5.30. The quantitative estimate of drug-likeness (QED) is 0.630. The van der Waals surface area contributed by atoms with E-state index >= 15 is 0 Å². The van der Waals surface area contributed by atoms with Crippen LogP contribution in [0.25, 0.3) is 0 Å². The minimum atomic E-state index is -3.66. The van der Waals surface area contributed by atoms with Crippen LogP contribution in [0.2, 0.25) is 0 Å². The van der Waals surface area contributed by atoms with E-state index in [-0.39, 0.29) is 10.0 Å². The number of aromatic nitrogens is 2. The smallest absolute Gasteiger partial charge is 0.263 e. The highest BCUT2D eigenvalue weighted by molar-refractivity contribution is 7.93. The number of hydrogen-bond donors (Lipinski definition) is 1. The zero-order valence-corrected chi connectivity index (χ0v) is 18.2. The first-order valence-corrected chi connectivity index (χ1v) is 12.6. The van der Waals surface area contributed by atoms with Crippen LogP contribution in [0.3, 0.4) is 0 Å². The molecule has 3 aromatic rings. The van der Waals surface area contributed by atoms with Gasteiger partial charge < -0.3 is 0 Å². The van der Waals surface area contributed by atoms with Crippen LogP contribution in [-0.2, 0) is 16.4 Å². The van der Waals surface area contributed by atoms with Crippen molar-refractivity contribution in [3.63, 3.8) is 0 Å². The Labute approximate surface area is 181 Å². The zero-order chi connectivity index (χ0) is 20.6. The molecule has 2 aliphatic rings. The second kappa shape index (κ2) is 8.09. The van der Waals surface area contributed by atoms with E-state index in [0.29, 0.717) is 12.1 Å². The van der Waals surface area contributed by atoms with Gasteiger partial charge in [0.05, 0.1) is 4.90 Å². The van der Waals surface area contributed by atoms with E-state index in [2.05, 4.69) is 49.3 Å². The second-order valence-corrected chi connectivity index (χ2v) is 10.4. The van der Waals surface area contributed by atoms with Gasteiger partial charge in [-0.3, -0.25) is 9.62 Å². The van der Waals surface area contributed by atoms with Crippen LogP contribution < -0.4 is 4.72 Å². The van der Waals surface area contributed by atoms with E-state index in [1.54, 1.807) is 6.07 Å². The van der Waals surface area contributed by atoms with E-state index in [9.17, 15) is 8.42 Å². The van der Waals surface area contributed by atoms with Crippen molar-refractivity contribution in [3.8, 4) is 0 Å². The van der Waals surface area contributed by atoms with Crippen LogP contribution in [0, 0.1) is 0 Å². The number of hydrogen-bond acceptors (Lipinski definition) is 6. The van der Waals surface area contributed by atoms with E-state index in [1.165, 1.54) is 36.7 Å². The summed E-state index contributed by atoms with van der Waals surface area (Å²) in [6, 6.07) is 17.1. The number of aryl methyl sites for hydroxylation is 1. The molecule has 2 aromatic carbocycles. The SMILES string of the molecule is O=S(=O)(Nc1ncns1)c1ccc2c(c1)CC[C@@H]2N1CCCC[C@@H]1c1ccccc1. The monoisotopic (exact) mass is 440 g/mol. The maximum Gasteiger partial charge on any atom is 0.263 e. The third-order valence-corrected chi connectivity index (χ3v) is 8.23. The third-order valence-electron chi connectivity index (χ3n) is 6.18. The summed E-state index contributed by atoms with van der Waals surface area (Å²) in [4.78, 5) is 6.84. The minimum absolute atomic E-state index is 0.285. The van der Waals surface area contributed by atoms with E-state index in [0.717, 1.165) is 36.5 Å². The average Bonchev–Trinajstić information content (AvgIpc) is 3.43. The van der Waals surface area contributed by atoms with E-state index < -0.39 is 10.0 Å². The van der Waals surface area contributed by atoms with Crippen LogP contribution >= 0.6 is 11.5 Å². The Morgan fingerprint density at radius 3 is 2.70 bits per heavy atom. The number of likely N-dealkylation sites (tertiary alicyclic amines) is 1. The molecule has 1 aromatic heterocycles. The fraction of sp³-hybridized carbons (Fsp3) is 0.364. The van der Waals surface area contributed by atoms with Crippen LogP contribution in [0.4, 0.5) is 5.13 Å². The average molecular weight is 441 g/mol. The second-order valence-electron chi connectivity index (χ2n) is 7.93. The number of fused-ring (bicyclic) bond motifs is 1. The number of nitrogens with one attached hydrogen (secondary N) is 1. The summed E-state index contributed by atoms with van der Waals surface area (Å²) < 4.78 is 31.8. The van der Waals surface area contributed by atoms with Gasteiger partial charge in [-0.1, -0.05) is 42.8 Å². The molecule has 1 fully saturated rings. The fourth-order valence-corrected chi connectivity index (χ4v) is 6.55. The Balaban J connectivity index is 1.42. The lowest BCUT2D eigenvalue weighted by molar-refractivity contribution is 0.0942. The Bertz CT molecular complexity index is 1120. The van der Waals surface area contributed by atoms with E-state index in [1.807, 2.05) is 12.1 Å². The first kappa shape index (κ1) is 19.7. The van der Waals surface area contributed by atoms with Crippen LogP contribution in [-0.4, -0.2) is 29.2 Å². The fourth-order valence-electron chi connectivity index (χ4n) is 4.84. The molecule has 30 heavy (non-hydrogen) atoms. The predicted octanol–water partition coefficient (Wildman–Crippen LogP) is 4.55. The van der Waals surface area contributed by atoms with Crippen molar-refractivity contribution in [2.45, 2.75) is 49.1 Å². The third kappa shape index (κ3) is 3.75. The number of benzene rings is 2. The van der Waals surface area contributed by atoms with Gasteiger partial charge in [-0.2, -0.15) is 4.37 Å². The summed E-state index contributed by atoms with van der Waals surface area (Å²) in [5.74, 6) is 0.